The lowest BCUT2D eigenvalue weighted by Gasteiger charge is -2.49. The van der Waals surface area contributed by atoms with E-state index >= 15 is 0 Å². The maximum absolute atomic E-state index is 6.57. The normalized spacial score (nSPS) is 34.9. The molecule has 3 nitrogen and oxygen atoms in total. The van der Waals surface area contributed by atoms with Crippen molar-refractivity contribution in [3.05, 3.63) is 11.8 Å². The maximum atomic E-state index is 6.57. The van der Waals surface area contributed by atoms with Crippen molar-refractivity contribution in [2.45, 2.75) is 57.0 Å². The molecule has 0 aromatic carbocycles. The summed E-state index contributed by atoms with van der Waals surface area (Å²) in [5, 5.41) is 0. The van der Waals surface area contributed by atoms with E-state index in [2.05, 4.69) is 32.0 Å². The Labute approximate surface area is 111 Å². The third-order valence-electron chi connectivity index (χ3n) is 4.88. The van der Waals surface area contributed by atoms with Gasteiger partial charge in [0.05, 0.1) is 12.6 Å². The van der Waals surface area contributed by atoms with E-state index in [-0.39, 0.29) is 11.6 Å². The zero-order valence-corrected chi connectivity index (χ0v) is 12.1. The molecule has 1 atom stereocenters. The van der Waals surface area contributed by atoms with Crippen LogP contribution in [0.1, 0.15) is 45.4 Å². The number of hydrogen-bond acceptors (Lipinski definition) is 3. The van der Waals surface area contributed by atoms with Crippen molar-refractivity contribution >= 4 is 0 Å². The summed E-state index contributed by atoms with van der Waals surface area (Å²) in [4.78, 5) is 2.34. The summed E-state index contributed by atoms with van der Waals surface area (Å²) in [6.45, 7) is 3.18. The summed E-state index contributed by atoms with van der Waals surface area (Å²) in [5.74, 6) is 1.87. The monoisotopic (exact) mass is 252 g/mol. The average Bonchev–Trinajstić information content (AvgIpc) is 2.40. The second-order valence-corrected chi connectivity index (χ2v) is 6.26. The van der Waals surface area contributed by atoms with Gasteiger partial charge >= 0.3 is 0 Å². The Balaban J connectivity index is 2.16. The van der Waals surface area contributed by atoms with Crippen LogP contribution in [0.4, 0.5) is 0 Å². The first-order valence-electron chi connectivity index (χ1n) is 7.32. The first-order chi connectivity index (χ1) is 8.56. The van der Waals surface area contributed by atoms with E-state index < -0.39 is 0 Å². The second kappa shape index (κ2) is 5.62. The first-order valence-corrected chi connectivity index (χ1v) is 7.32. The number of ether oxygens (including phenoxy) is 1. The molecule has 18 heavy (non-hydrogen) atoms. The molecule has 1 fully saturated rings. The number of hydrogen-bond donors (Lipinski definition) is 1. The van der Waals surface area contributed by atoms with Crippen molar-refractivity contribution in [1.29, 1.82) is 0 Å². The Morgan fingerprint density at radius 2 is 2.06 bits per heavy atom. The molecule has 104 valence electrons. The van der Waals surface area contributed by atoms with E-state index in [0.29, 0.717) is 0 Å². The highest BCUT2D eigenvalue weighted by atomic mass is 16.5. The predicted molar refractivity (Wildman–Crippen MR) is 75.3 cm³/mol. The largest absolute Gasteiger partial charge is 0.497 e. The summed E-state index contributed by atoms with van der Waals surface area (Å²) in [5.41, 5.74) is 6.66. The minimum absolute atomic E-state index is 0.0281. The van der Waals surface area contributed by atoms with Crippen molar-refractivity contribution in [3.63, 3.8) is 0 Å². The molecule has 2 aliphatic rings. The lowest BCUT2D eigenvalue weighted by molar-refractivity contribution is 0.0405. The van der Waals surface area contributed by atoms with Gasteiger partial charge in [-0.05, 0) is 64.6 Å². The first kappa shape index (κ1) is 13.9. The Hall–Kier alpha value is -0.540. The molecule has 1 heterocycles. The fourth-order valence-electron chi connectivity index (χ4n) is 3.36. The smallest absolute Gasteiger partial charge is 0.111 e. The third kappa shape index (κ3) is 2.57. The van der Waals surface area contributed by atoms with Crippen molar-refractivity contribution in [3.8, 4) is 0 Å². The van der Waals surface area contributed by atoms with Gasteiger partial charge in [-0.1, -0.05) is 6.92 Å². The molecule has 1 saturated carbocycles. The number of likely N-dealkylation sites (N-methyl/N-ethyl adjacent to an activating group) is 1. The summed E-state index contributed by atoms with van der Waals surface area (Å²) in [7, 11) is 4.33. The lowest BCUT2D eigenvalue weighted by Crippen LogP contribution is -2.60. The molecule has 0 bridgehead atoms. The van der Waals surface area contributed by atoms with Crippen LogP contribution in [0.25, 0.3) is 0 Å². The lowest BCUT2D eigenvalue weighted by atomic mass is 9.71. The molecule has 1 aliphatic heterocycles. The number of nitrogens with two attached hydrogens (primary N) is 1. The van der Waals surface area contributed by atoms with Crippen LogP contribution in [0, 0.1) is 5.92 Å². The predicted octanol–water partition coefficient (Wildman–Crippen LogP) is 2.52. The molecule has 0 spiro atoms. The van der Waals surface area contributed by atoms with Crippen LogP contribution in [0.15, 0.2) is 11.8 Å². The molecular formula is C15H28N2O. The van der Waals surface area contributed by atoms with Crippen LogP contribution in [0.3, 0.4) is 0 Å². The molecule has 1 unspecified atom stereocenters. The molecule has 0 radical (unpaired) electrons. The van der Waals surface area contributed by atoms with E-state index in [4.69, 9.17) is 10.5 Å². The van der Waals surface area contributed by atoms with Crippen LogP contribution in [-0.2, 0) is 4.74 Å². The highest BCUT2D eigenvalue weighted by Crippen LogP contribution is 2.39. The molecule has 0 amide bonds. The van der Waals surface area contributed by atoms with Gasteiger partial charge in [-0.2, -0.15) is 0 Å². The van der Waals surface area contributed by atoms with Crippen molar-refractivity contribution in [1.82, 2.24) is 4.90 Å². The Morgan fingerprint density at radius 1 is 1.39 bits per heavy atom. The Bertz CT molecular complexity index is 304. The van der Waals surface area contributed by atoms with E-state index in [1.807, 2.05) is 0 Å². The van der Waals surface area contributed by atoms with E-state index in [0.717, 1.165) is 31.1 Å². The maximum Gasteiger partial charge on any atom is 0.111 e. The summed E-state index contributed by atoms with van der Waals surface area (Å²) < 4.78 is 5.80. The molecule has 1 aliphatic carbocycles. The highest BCUT2D eigenvalue weighted by Gasteiger charge is 2.43. The fourth-order valence-corrected chi connectivity index (χ4v) is 3.36. The minimum atomic E-state index is 0.0281. The summed E-state index contributed by atoms with van der Waals surface area (Å²) in [6.07, 6.45) is 9.37. The van der Waals surface area contributed by atoms with Crippen LogP contribution in [-0.4, -0.2) is 37.2 Å². The molecule has 2 rings (SSSR count). The van der Waals surface area contributed by atoms with Gasteiger partial charge in [0, 0.05) is 5.54 Å². The third-order valence-corrected chi connectivity index (χ3v) is 4.88. The van der Waals surface area contributed by atoms with Crippen LogP contribution in [0.2, 0.25) is 0 Å². The quantitative estimate of drug-likeness (QED) is 0.839. The van der Waals surface area contributed by atoms with Crippen molar-refractivity contribution in [2.24, 2.45) is 11.7 Å². The second-order valence-electron chi connectivity index (χ2n) is 6.26. The van der Waals surface area contributed by atoms with Crippen molar-refractivity contribution in [2.75, 3.05) is 20.7 Å². The Morgan fingerprint density at radius 3 is 2.56 bits per heavy atom. The van der Waals surface area contributed by atoms with E-state index in [1.54, 1.807) is 0 Å². The zero-order chi connectivity index (χ0) is 13.2. The van der Waals surface area contributed by atoms with Gasteiger partial charge in [0.2, 0.25) is 0 Å². The minimum Gasteiger partial charge on any atom is -0.497 e. The van der Waals surface area contributed by atoms with E-state index in [9.17, 15) is 0 Å². The van der Waals surface area contributed by atoms with Gasteiger partial charge in [0.25, 0.3) is 0 Å². The number of rotatable bonds is 3. The van der Waals surface area contributed by atoms with Gasteiger partial charge in [-0.3, -0.25) is 0 Å². The Kier molecular flexibility index (Phi) is 4.33. The number of allylic oxidation sites excluding steroid dienone is 1. The molecule has 0 saturated heterocycles. The number of nitrogens with zero attached hydrogens (tertiary/aromatic N) is 1. The molecule has 0 aromatic heterocycles. The van der Waals surface area contributed by atoms with Gasteiger partial charge in [0.15, 0.2) is 0 Å². The van der Waals surface area contributed by atoms with Crippen LogP contribution in [0.5, 0.6) is 0 Å². The van der Waals surface area contributed by atoms with Gasteiger partial charge in [-0.15, -0.1) is 0 Å². The van der Waals surface area contributed by atoms with E-state index in [1.165, 1.54) is 25.7 Å². The highest BCUT2D eigenvalue weighted by molar-refractivity contribution is 5.15. The van der Waals surface area contributed by atoms with Crippen LogP contribution >= 0.6 is 0 Å². The summed E-state index contributed by atoms with van der Waals surface area (Å²) in [6, 6.07) is 0.0281. The van der Waals surface area contributed by atoms with Crippen molar-refractivity contribution < 1.29 is 4.74 Å². The molecule has 3 heteroatoms. The summed E-state index contributed by atoms with van der Waals surface area (Å²) >= 11 is 0. The zero-order valence-electron chi connectivity index (χ0n) is 12.1. The fraction of sp³-hybridized carbons (Fsp3) is 0.867. The SMILES string of the molecule is CC1CCC(C(N)C2=CCCCO2)(N(C)C)CC1. The van der Waals surface area contributed by atoms with Gasteiger partial charge in [0.1, 0.15) is 5.76 Å². The molecular weight excluding hydrogens is 224 g/mol. The van der Waals surface area contributed by atoms with Crippen LogP contribution < -0.4 is 5.73 Å². The van der Waals surface area contributed by atoms with Gasteiger partial charge in [-0.25, -0.2) is 0 Å². The topological polar surface area (TPSA) is 38.5 Å². The van der Waals surface area contributed by atoms with Gasteiger partial charge < -0.3 is 15.4 Å². The average molecular weight is 252 g/mol. The molecule has 0 aromatic rings. The molecule has 2 N–H and O–H groups in total. The standard InChI is InChI=1S/C15H28N2O/c1-12-7-9-15(10-8-12,17(2)3)14(16)13-6-4-5-11-18-13/h6,12,14H,4-5,7-11,16H2,1-3H3.